The molecule has 5 heteroatoms. The van der Waals surface area contributed by atoms with Crippen LogP contribution in [0.15, 0.2) is 24.3 Å². The van der Waals surface area contributed by atoms with Crippen molar-refractivity contribution in [3.63, 3.8) is 0 Å². The normalized spacial score (nSPS) is 12.6. The molecule has 0 fully saturated rings. The van der Waals surface area contributed by atoms with Crippen molar-refractivity contribution in [2.75, 3.05) is 0 Å². The molecule has 0 radical (unpaired) electrons. The number of nitrogens with zero attached hydrogens (tertiary/aromatic N) is 1. The Kier molecular flexibility index (Phi) is 2.78. The Morgan fingerprint density at radius 3 is 2.88 bits per heavy atom. The summed E-state index contributed by atoms with van der Waals surface area (Å²) in [6.45, 7) is 3.17. The molecular weight excluding hydrogens is 224 g/mol. The second-order valence-corrected chi connectivity index (χ2v) is 3.91. The molecular formula is C11H12N2O2S. The van der Waals surface area contributed by atoms with E-state index < -0.39 is 6.23 Å². The number of rotatable bonds is 2. The zero-order valence-electron chi connectivity index (χ0n) is 9.06. The van der Waals surface area contributed by atoms with Gasteiger partial charge < -0.3 is 9.72 Å². The Morgan fingerprint density at radius 2 is 2.19 bits per heavy atom. The molecule has 1 unspecified atom stereocenters. The van der Waals surface area contributed by atoms with E-state index in [0.29, 0.717) is 4.77 Å². The van der Waals surface area contributed by atoms with Crippen LogP contribution in [0.25, 0.3) is 11.0 Å². The summed E-state index contributed by atoms with van der Waals surface area (Å²) in [5, 5.41) is 0. The third-order valence-electron chi connectivity index (χ3n) is 2.32. The second kappa shape index (κ2) is 4.09. The van der Waals surface area contributed by atoms with Gasteiger partial charge in [0.15, 0.2) is 11.0 Å². The fraction of sp³-hybridized carbons (Fsp3) is 0.273. The first-order valence-corrected chi connectivity index (χ1v) is 5.37. The molecule has 0 aliphatic carbocycles. The Morgan fingerprint density at radius 1 is 1.50 bits per heavy atom. The minimum absolute atomic E-state index is 0.320. The van der Waals surface area contributed by atoms with E-state index in [0.717, 1.165) is 11.0 Å². The number of esters is 1. The van der Waals surface area contributed by atoms with Gasteiger partial charge in [0.1, 0.15) is 0 Å². The van der Waals surface area contributed by atoms with Crippen LogP contribution in [0.2, 0.25) is 0 Å². The molecule has 1 atom stereocenters. The molecule has 1 aromatic carbocycles. The van der Waals surface area contributed by atoms with Gasteiger partial charge in [0, 0.05) is 6.92 Å². The van der Waals surface area contributed by atoms with E-state index in [2.05, 4.69) is 4.98 Å². The molecule has 1 aromatic heterocycles. The van der Waals surface area contributed by atoms with Crippen LogP contribution in [-0.2, 0) is 9.53 Å². The lowest BCUT2D eigenvalue weighted by Gasteiger charge is -2.14. The van der Waals surface area contributed by atoms with E-state index in [-0.39, 0.29) is 5.97 Å². The highest BCUT2D eigenvalue weighted by atomic mass is 32.1. The number of aromatic nitrogens is 2. The number of benzene rings is 1. The number of hydrogen-bond acceptors (Lipinski definition) is 3. The number of nitrogens with one attached hydrogen (secondary N) is 1. The number of imidazole rings is 1. The van der Waals surface area contributed by atoms with E-state index in [1.165, 1.54) is 6.92 Å². The molecule has 0 amide bonds. The maximum atomic E-state index is 10.9. The van der Waals surface area contributed by atoms with E-state index in [1.807, 2.05) is 24.3 Å². The Bertz CT molecular complexity index is 585. The monoisotopic (exact) mass is 236 g/mol. The maximum Gasteiger partial charge on any atom is 0.304 e. The molecule has 0 bridgehead atoms. The van der Waals surface area contributed by atoms with Crippen molar-refractivity contribution in [2.24, 2.45) is 0 Å². The van der Waals surface area contributed by atoms with Gasteiger partial charge in [-0.2, -0.15) is 0 Å². The lowest BCUT2D eigenvalue weighted by atomic mass is 10.3. The molecule has 1 N–H and O–H groups in total. The molecule has 0 spiro atoms. The summed E-state index contributed by atoms with van der Waals surface area (Å²) in [7, 11) is 0. The Hall–Kier alpha value is -1.62. The number of aromatic amines is 1. The summed E-state index contributed by atoms with van der Waals surface area (Å²) in [6.07, 6.45) is -0.402. The van der Waals surface area contributed by atoms with Crippen molar-refractivity contribution >= 4 is 29.2 Å². The van der Waals surface area contributed by atoms with Crippen LogP contribution < -0.4 is 0 Å². The van der Waals surface area contributed by atoms with Gasteiger partial charge in [-0.15, -0.1) is 0 Å². The number of fused-ring (bicyclic) bond motifs is 1. The topological polar surface area (TPSA) is 47.0 Å². The van der Waals surface area contributed by atoms with Crippen LogP contribution in [0, 0.1) is 4.77 Å². The highest BCUT2D eigenvalue weighted by Crippen LogP contribution is 2.19. The van der Waals surface area contributed by atoms with Crippen molar-refractivity contribution in [1.82, 2.24) is 9.55 Å². The molecule has 16 heavy (non-hydrogen) atoms. The van der Waals surface area contributed by atoms with Crippen LogP contribution >= 0.6 is 12.2 Å². The Balaban J connectivity index is 2.55. The van der Waals surface area contributed by atoms with Gasteiger partial charge in [-0.3, -0.25) is 9.36 Å². The fourth-order valence-electron chi connectivity index (χ4n) is 1.73. The van der Waals surface area contributed by atoms with Crippen LogP contribution in [0.5, 0.6) is 0 Å². The van der Waals surface area contributed by atoms with Gasteiger partial charge in [0.2, 0.25) is 0 Å². The first-order valence-electron chi connectivity index (χ1n) is 4.96. The van der Waals surface area contributed by atoms with E-state index in [1.54, 1.807) is 11.5 Å². The summed E-state index contributed by atoms with van der Waals surface area (Å²) >= 11 is 5.20. The lowest BCUT2D eigenvalue weighted by molar-refractivity contribution is -0.149. The van der Waals surface area contributed by atoms with Gasteiger partial charge in [-0.05, 0) is 31.3 Å². The molecule has 84 valence electrons. The molecule has 0 saturated carbocycles. The van der Waals surface area contributed by atoms with Crippen LogP contribution in [-0.4, -0.2) is 15.5 Å². The summed E-state index contributed by atoms with van der Waals surface area (Å²) in [5.74, 6) is -0.320. The van der Waals surface area contributed by atoms with Crippen molar-refractivity contribution < 1.29 is 9.53 Å². The third kappa shape index (κ3) is 1.86. The van der Waals surface area contributed by atoms with Crippen LogP contribution in [0.3, 0.4) is 0 Å². The van der Waals surface area contributed by atoms with E-state index in [4.69, 9.17) is 17.0 Å². The number of H-pyrrole nitrogens is 1. The highest BCUT2D eigenvalue weighted by Gasteiger charge is 2.12. The van der Waals surface area contributed by atoms with Crippen LogP contribution in [0.4, 0.5) is 0 Å². The van der Waals surface area contributed by atoms with Gasteiger partial charge in [0.25, 0.3) is 0 Å². The summed E-state index contributed by atoms with van der Waals surface area (Å²) < 4.78 is 7.46. The average molecular weight is 236 g/mol. The Labute approximate surface area is 97.8 Å². The molecule has 2 rings (SSSR count). The standard InChI is InChI=1S/C11H12N2O2S/c1-7(15-8(2)14)13-10-6-4-3-5-9(10)12-11(13)16/h3-7H,1-2H3,(H,12,16). The lowest BCUT2D eigenvalue weighted by Crippen LogP contribution is -2.12. The third-order valence-corrected chi connectivity index (χ3v) is 2.62. The highest BCUT2D eigenvalue weighted by molar-refractivity contribution is 7.71. The number of carbonyl (C=O) groups is 1. The van der Waals surface area contributed by atoms with Crippen LogP contribution in [0.1, 0.15) is 20.1 Å². The zero-order chi connectivity index (χ0) is 11.7. The minimum Gasteiger partial charge on any atom is -0.442 e. The van der Waals surface area contributed by atoms with Crippen molar-refractivity contribution in [2.45, 2.75) is 20.1 Å². The predicted octanol–water partition coefficient (Wildman–Crippen LogP) is 2.78. The van der Waals surface area contributed by atoms with E-state index in [9.17, 15) is 4.79 Å². The average Bonchev–Trinajstić information content (AvgIpc) is 2.52. The fourth-order valence-corrected chi connectivity index (χ4v) is 2.08. The van der Waals surface area contributed by atoms with Crippen molar-refractivity contribution in [3.05, 3.63) is 29.0 Å². The van der Waals surface area contributed by atoms with Gasteiger partial charge in [0.05, 0.1) is 11.0 Å². The first-order chi connectivity index (χ1) is 7.59. The summed E-state index contributed by atoms with van der Waals surface area (Å²) in [6, 6.07) is 7.71. The predicted molar refractivity (Wildman–Crippen MR) is 63.6 cm³/mol. The maximum absolute atomic E-state index is 10.9. The number of hydrogen-bond donors (Lipinski definition) is 1. The molecule has 0 saturated heterocycles. The van der Waals surface area contributed by atoms with Gasteiger partial charge >= 0.3 is 5.97 Å². The van der Waals surface area contributed by atoms with Crippen molar-refractivity contribution in [3.8, 4) is 0 Å². The largest absolute Gasteiger partial charge is 0.442 e. The summed E-state index contributed by atoms with van der Waals surface area (Å²) in [5.41, 5.74) is 1.87. The minimum atomic E-state index is -0.402. The quantitative estimate of drug-likeness (QED) is 0.644. The van der Waals surface area contributed by atoms with E-state index >= 15 is 0 Å². The SMILES string of the molecule is CC(=O)OC(C)n1c(=S)[nH]c2ccccc21. The van der Waals surface area contributed by atoms with Gasteiger partial charge in [-0.1, -0.05) is 12.1 Å². The summed E-state index contributed by atoms with van der Waals surface area (Å²) in [4.78, 5) is 14.0. The number of carbonyl (C=O) groups excluding carboxylic acids is 1. The molecule has 1 heterocycles. The zero-order valence-corrected chi connectivity index (χ0v) is 9.88. The molecule has 0 aliphatic heterocycles. The molecule has 4 nitrogen and oxygen atoms in total. The number of para-hydroxylation sites is 2. The molecule has 2 aromatic rings. The number of ether oxygens (including phenoxy) is 1. The first kappa shape index (κ1) is 10.9. The molecule has 0 aliphatic rings. The smallest absolute Gasteiger partial charge is 0.304 e. The van der Waals surface area contributed by atoms with Crippen molar-refractivity contribution in [1.29, 1.82) is 0 Å². The van der Waals surface area contributed by atoms with Gasteiger partial charge in [-0.25, -0.2) is 0 Å². The second-order valence-electron chi connectivity index (χ2n) is 3.53.